The fraction of sp³-hybridized carbons (Fsp3) is 0.500. The lowest BCUT2D eigenvalue weighted by Gasteiger charge is -2.12. The predicted octanol–water partition coefficient (Wildman–Crippen LogP) is 0.848. The largest absolute Gasteiger partial charge is 0.480 e. The van der Waals surface area contributed by atoms with Gasteiger partial charge in [0.2, 0.25) is 0 Å². The molecule has 2 amide bonds. The Morgan fingerprint density at radius 2 is 2.35 bits per heavy atom. The minimum atomic E-state index is -1.03. The van der Waals surface area contributed by atoms with E-state index in [1.165, 1.54) is 11.3 Å². The molecule has 0 fully saturated rings. The number of carboxylic acid groups (broad SMARTS) is 1. The van der Waals surface area contributed by atoms with Crippen LogP contribution in [0.3, 0.4) is 0 Å². The van der Waals surface area contributed by atoms with Crippen molar-refractivity contribution in [1.29, 1.82) is 0 Å². The van der Waals surface area contributed by atoms with Crippen molar-refractivity contribution in [2.75, 3.05) is 6.54 Å². The van der Waals surface area contributed by atoms with Gasteiger partial charge >= 0.3 is 12.0 Å². The molecule has 0 saturated carbocycles. The Kier molecular flexibility index (Phi) is 5.41. The van der Waals surface area contributed by atoms with E-state index in [0.29, 0.717) is 19.4 Å². The second-order valence-electron chi connectivity index (χ2n) is 3.43. The first-order chi connectivity index (χ1) is 8.13. The van der Waals surface area contributed by atoms with E-state index < -0.39 is 18.0 Å². The van der Waals surface area contributed by atoms with E-state index in [4.69, 9.17) is 5.11 Å². The summed E-state index contributed by atoms with van der Waals surface area (Å²) in [4.78, 5) is 26.1. The topological polar surface area (TPSA) is 91.3 Å². The lowest BCUT2D eigenvalue weighted by molar-refractivity contribution is -0.139. The SMILES string of the molecule is CCC(NC(=O)NCCc1cscn1)C(=O)O. The maximum Gasteiger partial charge on any atom is 0.326 e. The number of thiazole rings is 1. The van der Waals surface area contributed by atoms with Gasteiger partial charge < -0.3 is 15.7 Å². The van der Waals surface area contributed by atoms with Crippen molar-refractivity contribution in [1.82, 2.24) is 15.6 Å². The summed E-state index contributed by atoms with van der Waals surface area (Å²) < 4.78 is 0. The highest BCUT2D eigenvalue weighted by molar-refractivity contribution is 7.07. The number of carbonyl (C=O) groups is 2. The van der Waals surface area contributed by atoms with Gasteiger partial charge in [0.05, 0.1) is 11.2 Å². The zero-order chi connectivity index (χ0) is 12.7. The molecule has 1 heterocycles. The molecule has 0 radical (unpaired) electrons. The van der Waals surface area contributed by atoms with E-state index in [0.717, 1.165) is 5.69 Å². The maximum atomic E-state index is 11.3. The number of urea groups is 1. The van der Waals surface area contributed by atoms with E-state index in [9.17, 15) is 9.59 Å². The first-order valence-corrected chi connectivity index (χ1v) is 6.22. The Balaban J connectivity index is 2.23. The van der Waals surface area contributed by atoms with Gasteiger partial charge in [-0.3, -0.25) is 0 Å². The number of rotatable bonds is 6. The second-order valence-corrected chi connectivity index (χ2v) is 4.15. The van der Waals surface area contributed by atoms with Gasteiger partial charge in [-0.25, -0.2) is 14.6 Å². The van der Waals surface area contributed by atoms with Gasteiger partial charge in [-0.05, 0) is 6.42 Å². The van der Waals surface area contributed by atoms with E-state index in [1.807, 2.05) is 5.38 Å². The molecule has 0 aliphatic carbocycles. The standard InChI is InChI=1S/C10H15N3O3S/c1-2-8(9(14)15)13-10(16)11-4-3-7-5-17-6-12-7/h5-6,8H,2-4H2,1H3,(H,14,15)(H2,11,13,16). The fourth-order valence-electron chi connectivity index (χ4n) is 1.21. The van der Waals surface area contributed by atoms with Gasteiger partial charge in [-0.15, -0.1) is 11.3 Å². The van der Waals surface area contributed by atoms with Crippen molar-refractivity contribution >= 4 is 23.3 Å². The highest BCUT2D eigenvalue weighted by atomic mass is 32.1. The van der Waals surface area contributed by atoms with Crippen LogP contribution in [-0.2, 0) is 11.2 Å². The van der Waals surface area contributed by atoms with Crippen molar-refractivity contribution in [2.24, 2.45) is 0 Å². The van der Waals surface area contributed by atoms with Crippen molar-refractivity contribution in [3.63, 3.8) is 0 Å². The van der Waals surface area contributed by atoms with Crippen LogP contribution in [0.25, 0.3) is 0 Å². The molecule has 0 aliphatic rings. The Morgan fingerprint density at radius 1 is 1.59 bits per heavy atom. The smallest absolute Gasteiger partial charge is 0.326 e. The zero-order valence-corrected chi connectivity index (χ0v) is 10.3. The maximum absolute atomic E-state index is 11.3. The molecule has 17 heavy (non-hydrogen) atoms. The summed E-state index contributed by atoms with van der Waals surface area (Å²) in [6.45, 7) is 2.14. The molecular formula is C10H15N3O3S. The highest BCUT2D eigenvalue weighted by Gasteiger charge is 2.16. The Hall–Kier alpha value is -1.63. The van der Waals surface area contributed by atoms with Crippen LogP contribution in [0, 0.1) is 0 Å². The van der Waals surface area contributed by atoms with Gasteiger partial charge in [0.15, 0.2) is 0 Å². The van der Waals surface area contributed by atoms with Crippen molar-refractivity contribution < 1.29 is 14.7 Å². The van der Waals surface area contributed by atoms with Crippen LogP contribution in [0.4, 0.5) is 4.79 Å². The number of nitrogens with zero attached hydrogens (tertiary/aromatic N) is 1. The summed E-state index contributed by atoms with van der Waals surface area (Å²) in [6.07, 6.45) is 0.996. The molecule has 6 nitrogen and oxygen atoms in total. The van der Waals surface area contributed by atoms with Crippen LogP contribution < -0.4 is 10.6 Å². The Labute approximate surface area is 103 Å². The zero-order valence-electron chi connectivity index (χ0n) is 9.47. The van der Waals surface area contributed by atoms with E-state index in [1.54, 1.807) is 12.4 Å². The number of aliphatic carboxylic acids is 1. The molecule has 1 aromatic rings. The molecule has 1 aromatic heterocycles. The van der Waals surface area contributed by atoms with Gasteiger partial charge in [-0.1, -0.05) is 6.92 Å². The summed E-state index contributed by atoms with van der Waals surface area (Å²) in [7, 11) is 0. The number of hydrogen-bond donors (Lipinski definition) is 3. The van der Waals surface area contributed by atoms with Gasteiger partial charge in [0.1, 0.15) is 6.04 Å². The van der Waals surface area contributed by atoms with E-state index >= 15 is 0 Å². The summed E-state index contributed by atoms with van der Waals surface area (Å²) in [6, 6.07) is -1.30. The van der Waals surface area contributed by atoms with Crippen molar-refractivity contribution in [3.8, 4) is 0 Å². The second kappa shape index (κ2) is 6.85. The summed E-state index contributed by atoms with van der Waals surface area (Å²) in [5.74, 6) is -1.03. The highest BCUT2D eigenvalue weighted by Crippen LogP contribution is 2.00. The third kappa shape index (κ3) is 4.81. The number of nitrogens with one attached hydrogen (secondary N) is 2. The molecule has 1 rings (SSSR count). The molecular weight excluding hydrogens is 242 g/mol. The fourth-order valence-corrected chi connectivity index (χ4v) is 1.81. The number of aromatic nitrogens is 1. The van der Waals surface area contributed by atoms with Crippen LogP contribution in [0.15, 0.2) is 10.9 Å². The van der Waals surface area contributed by atoms with Crippen LogP contribution in [0.5, 0.6) is 0 Å². The van der Waals surface area contributed by atoms with E-state index in [-0.39, 0.29) is 0 Å². The summed E-state index contributed by atoms with van der Waals surface area (Å²) in [5, 5.41) is 15.6. The molecule has 0 aliphatic heterocycles. The number of carbonyl (C=O) groups excluding carboxylic acids is 1. The van der Waals surface area contributed by atoms with Crippen LogP contribution in [-0.4, -0.2) is 34.7 Å². The average molecular weight is 257 g/mol. The van der Waals surface area contributed by atoms with Gasteiger partial charge in [0, 0.05) is 18.3 Å². The van der Waals surface area contributed by atoms with Crippen LogP contribution >= 0.6 is 11.3 Å². The van der Waals surface area contributed by atoms with Crippen LogP contribution in [0.1, 0.15) is 19.0 Å². The predicted molar refractivity (Wildman–Crippen MR) is 64.1 cm³/mol. The lowest BCUT2D eigenvalue weighted by Crippen LogP contribution is -2.46. The molecule has 0 aromatic carbocycles. The third-order valence-corrected chi connectivity index (χ3v) is 2.80. The summed E-state index contributed by atoms with van der Waals surface area (Å²) in [5.41, 5.74) is 2.65. The minimum absolute atomic E-state index is 0.356. The number of amides is 2. The summed E-state index contributed by atoms with van der Waals surface area (Å²) >= 11 is 1.50. The average Bonchev–Trinajstić information content (AvgIpc) is 2.78. The molecule has 1 unspecified atom stereocenters. The third-order valence-electron chi connectivity index (χ3n) is 2.16. The monoisotopic (exact) mass is 257 g/mol. The van der Waals surface area contributed by atoms with Crippen LogP contribution in [0.2, 0.25) is 0 Å². The lowest BCUT2D eigenvalue weighted by atomic mass is 10.2. The van der Waals surface area contributed by atoms with Crippen molar-refractivity contribution in [2.45, 2.75) is 25.8 Å². The first kappa shape index (κ1) is 13.4. The Bertz CT molecular complexity index is 367. The van der Waals surface area contributed by atoms with Gasteiger partial charge in [0.25, 0.3) is 0 Å². The van der Waals surface area contributed by atoms with Gasteiger partial charge in [-0.2, -0.15) is 0 Å². The molecule has 0 saturated heterocycles. The molecule has 0 spiro atoms. The number of carboxylic acids is 1. The minimum Gasteiger partial charge on any atom is -0.480 e. The van der Waals surface area contributed by atoms with Crippen molar-refractivity contribution in [3.05, 3.63) is 16.6 Å². The molecule has 3 N–H and O–H groups in total. The molecule has 0 bridgehead atoms. The molecule has 94 valence electrons. The molecule has 7 heteroatoms. The Morgan fingerprint density at radius 3 is 2.88 bits per heavy atom. The first-order valence-electron chi connectivity index (χ1n) is 5.27. The quantitative estimate of drug-likeness (QED) is 0.704. The normalized spacial score (nSPS) is 11.8. The molecule has 1 atom stereocenters. The number of hydrogen-bond acceptors (Lipinski definition) is 4. The van der Waals surface area contributed by atoms with E-state index in [2.05, 4.69) is 15.6 Å².